The highest BCUT2D eigenvalue weighted by Crippen LogP contribution is 2.35. The van der Waals surface area contributed by atoms with Crippen LogP contribution in [0.2, 0.25) is 0 Å². The van der Waals surface area contributed by atoms with Gasteiger partial charge in [-0.15, -0.1) is 0 Å². The van der Waals surface area contributed by atoms with Gasteiger partial charge in [-0.1, -0.05) is 63.1 Å². The molecule has 0 aliphatic heterocycles. The molecule has 0 heteroatoms. The maximum absolute atomic E-state index is 2.38. The first kappa shape index (κ1) is 10.5. The Morgan fingerprint density at radius 2 is 1.87 bits per heavy atom. The Balaban J connectivity index is 2.11. The summed E-state index contributed by atoms with van der Waals surface area (Å²) in [6, 6.07) is 8.79. The van der Waals surface area contributed by atoms with Gasteiger partial charge in [0.15, 0.2) is 0 Å². The van der Waals surface area contributed by atoms with E-state index in [-0.39, 0.29) is 0 Å². The summed E-state index contributed by atoms with van der Waals surface area (Å²) in [5, 5.41) is 0. The Hall–Kier alpha value is -1.04. The van der Waals surface area contributed by atoms with E-state index in [9.17, 15) is 0 Å². The third-order valence-corrected chi connectivity index (χ3v) is 3.65. The van der Waals surface area contributed by atoms with Gasteiger partial charge < -0.3 is 0 Å². The standard InChI is InChI=1S/C15H20/c1-3-12(4-2)11-14-10-9-13-7-5-6-8-15(13)14/h5-10,12,14H,3-4,11H2,1-2H3. The SMILES string of the molecule is CCC(CC)CC1C=Cc2ccccc21. The van der Waals surface area contributed by atoms with Crippen molar-refractivity contribution in [2.45, 2.75) is 39.0 Å². The predicted molar refractivity (Wildman–Crippen MR) is 66.9 cm³/mol. The lowest BCUT2D eigenvalue weighted by Gasteiger charge is -2.17. The molecule has 0 aromatic heterocycles. The summed E-state index contributed by atoms with van der Waals surface area (Å²) >= 11 is 0. The largest absolute Gasteiger partial charge is 0.0764 e. The highest BCUT2D eigenvalue weighted by atomic mass is 14.2. The molecule has 2 rings (SSSR count). The molecule has 0 nitrogen and oxygen atoms in total. The van der Waals surface area contributed by atoms with E-state index in [1.54, 1.807) is 0 Å². The van der Waals surface area contributed by atoms with Gasteiger partial charge in [0, 0.05) is 5.92 Å². The van der Waals surface area contributed by atoms with Gasteiger partial charge in [-0.25, -0.2) is 0 Å². The Kier molecular flexibility index (Phi) is 3.25. The molecule has 0 heterocycles. The van der Waals surface area contributed by atoms with Gasteiger partial charge in [-0.2, -0.15) is 0 Å². The van der Waals surface area contributed by atoms with Crippen LogP contribution in [-0.2, 0) is 0 Å². The van der Waals surface area contributed by atoms with Gasteiger partial charge in [0.25, 0.3) is 0 Å². The zero-order valence-electron chi connectivity index (χ0n) is 9.74. The van der Waals surface area contributed by atoms with Crippen molar-refractivity contribution in [1.82, 2.24) is 0 Å². The van der Waals surface area contributed by atoms with Crippen molar-refractivity contribution in [1.29, 1.82) is 0 Å². The summed E-state index contributed by atoms with van der Waals surface area (Å²) in [4.78, 5) is 0. The fourth-order valence-electron chi connectivity index (χ4n) is 2.51. The third kappa shape index (κ3) is 2.14. The van der Waals surface area contributed by atoms with Gasteiger partial charge >= 0.3 is 0 Å². The van der Waals surface area contributed by atoms with Gasteiger partial charge in [0.05, 0.1) is 0 Å². The van der Waals surface area contributed by atoms with Crippen LogP contribution in [0, 0.1) is 5.92 Å². The number of allylic oxidation sites excluding steroid dienone is 1. The maximum atomic E-state index is 2.38. The number of fused-ring (bicyclic) bond motifs is 1. The highest BCUT2D eigenvalue weighted by Gasteiger charge is 2.19. The van der Waals surface area contributed by atoms with E-state index in [4.69, 9.17) is 0 Å². The molecule has 80 valence electrons. The molecule has 0 bridgehead atoms. The quantitative estimate of drug-likeness (QED) is 0.665. The smallest absolute Gasteiger partial charge is 0.00298 e. The second kappa shape index (κ2) is 4.65. The van der Waals surface area contributed by atoms with Gasteiger partial charge in [0.1, 0.15) is 0 Å². The minimum Gasteiger partial charge on any atom is -0.0764 e. The summed E-state index contributed by atoms with van der Waals surface area (Å²) in [7, 11) is 0. The molecule has 1 unspecified atom stereocenters. The minimum absolute atomic E-state index is 0.672. The first-order valence-electron chi connectivity index (χ1n) is 6.12. The Morgan fingerprint density at radius 3 is 2.60 bits per heavy atom. The van der Waals surface area contributed by atoms with Crippen molar-refractivity contribution >= 4 is 6.08 Å². The van der Waals surface area contributed by atoms with E-state index >= 15 is 0 Å². The molecule has 0 saturated heterocycles. The van der Waals surface area contributed by atoms with Crippen molar-refractivity contribution in [3.63, 3.8) is 0 Å². The van der Waals surface area contributed by atoms with E-state index in [1.807, 2.05) is 0 Å². The van der Waals surface area contributed by atoms with Crippen molar-refractivity contribution in [3.8, 4) is 0 Å². The molecule has 1 aromatic rings. The lowest BCUT2D eigenvalue weighted by atomic mass is 9.87. The van der Waals surface area contributed by atoms with Crippen molar-refractivity contribution in [3.05, 3.63) is 41.5 Å². The van der Waals surface area contributed by atoms with Crippen LogP contribution in [-0.4, -0.2) is 0 Å². The molecule has 0 radical (unpaired) electrons. The third-order valence-electron chi connectivity index (χ3n) is 3.65. The first-order chi connectivity index (χ1) is 7.35. The summed E-state index contributed by atoms with van der Waals surface area (Å²) in [5.41, 5.74) is 2.96. The van der Waals surface area contributed by atoms with E-state index in [0.29, 0.717) is 5.92 Å². The molecular formula is C15H20. The van der Waals surface area contributed by atoms with Crippen molar-refractivity contribution < 1.29 is 0 Å². The van der Waals surface area contributed by atoms with E-state index in [1.165, 1.54) is 30.4 Å². The number of benzene rings is 1. The molecule has 1 aliphatic rings. The van der Waals surface area contributed by atoms with Gasteiger partial charge in [-0.05, 0) is 23.5 Å². The lowest BCUT2D eigenvalue weighted by Crippen LogP contribution is -2.03. The van der Waals surface area contributed by atoms with Gasteiger partial charge in [0.2, 0.25) is 0 Å². The number of rotatable bonds is 4. The summed E-state index contributed by atoms with van der Waals surface area (Å²) in [5.74, 6) is 1.55. The zero-order valence-corrected chi connectivity index (χ0v) is 9.74. The van der Waals surface area contributed by atoms with Crippen LogP contribution in [0.5, 0.6) is 0 Å². The molecule has 0 fully saturated rings. The monoisotopic (exact) mass is 200 g/mol. The molecular weight excluding hydrogens is 180 g/mol. The van der Waals surface area contributed by atoms with Crippen molar-refractivity contribution in [2.24, 2.45) is 5.92 Å². The molecule has 15 heavy (non-hydrogen) atoms. The normalized spacial score (nSPS) is 18.5. The Morgan fingerprint density at radius 1 is 1.13 bits per heavy atom. The van der Waals surface area contributed by atoms with Crippen molar-refractivity contribution in [2.75, 3.05) is 0 Å². The second-order valence-corrected chi connectivity index (χ2v) is 4.51. The minimum atomic E-state index is 0.672. The summed E-state index contributed by atoms with van der Waals surface area (Å²) in [6.45, 7) is 4.61. The van der Waals surface area contributed by atoms with Crippen LogP contribution in [0.25, 0.3) is 6.08 Å². The molecule has 0 N–H and O–H groups in total. The molecule has 0 amide bonds. The molecule has 1 aromatic carbocycles. The van der Waals surface area contributed by atoms with Crippen LogP contribution < -0.4 is 0 Å². The summed E-state index contributed by atoms with van der Waals surface area (Å²) in [6.07, 6.45) is 8.60. The molecule has 1 atom stereocenters. The maximum Gasteiger partial charge on any atom is 0.00298 e. The number of hydrogen-bond acceptors (Lipinski definition) is 0. The fraction of sp³-hybridized carbons (Fsp3) is 0.467. The van der Waals surface area contributed by atoms with Crippen LogP contribution in [0.4, 0.5) is 0 Å². The Bertz CT molecular complexity index is 345. The fourth-order valence-corrected chi connectivity index (χ4v) is 2.51. The lowest BCUT2D eigenvalue weighted by molar-refractivity contribution is 0.438. The zero-order chi connectivity index (χ0) is 10.7. The van der Waals surface area contributed by atoms with Crippen LogP contribution >= 0.6 is 0 Å². The highest BCUT2D eigenvalue weighted by molar-refractivity contribution is 5.62. The summed E-state index contributed by atoms with van der Waals surface area (Å²) < 4.78 is 0. The average molecular weight is 200 g/mol. The van der Waals surface area contributed by atoms with Gasteiger partial charge in [-0.3, -0.25) is 0 Å². The van der Waals surface area contributed by atoms with E-state index in [0.717, 1.165) is 5.92 Å². The van der Waals surface area contributed by atoms with Crippen LogP contribution in [0.1, 0.15) is 50.2 Å². The predicted octanol–water partition coefficient (Wildman–Crippen LogP) is 4.62. The molecule has 0 spiro atoms. The Labute approximate surface area is 93.0 Å². The average Bonchev–Trinajstić information content (AvgIpc) is 2.69. The van der Waals surface area contributed by atoms with E-state index in [2.05, 4.69) is 50.3 Å². The van der Waals surface area contributed by atoms with E-state index < -0.39 is 0 Å². The topological polar surface area (TPSA) is 0 Å². The number of hydrogen-bond donors (Lipinski definition) is 0. The molecule has 1 aliphatic carbocycles. The van der Waals surface area contributed by atoms with Crippen LogP contribution in [0.15, 0.2) is 30.3 Å². The second-order valence-electron chi connectivity index (χ2n) is 4.51. The molecule has 0 saturated carbocycles. The first-order valence-corrected chi connectivity index (χ1v) is 6.12. The van der Waals surface area contributed by atoms with Crippen LogP contribution in [0.3, 0.4) is 0 Å².